The van der Waals surface area contributed by atoms with Gasteiger partial charge in [-0.25, -0.2) is 4.79 Å². The third kappa shape index (κ3) is 1.96. The van der Waals surface area contributed by atoms with Gasteiger partial charge in [0.05, 0.1) is 5.57 Å². The summed E-state index contributed by atoms with van der Waals surface area (Å²) in [7, 11) is 0. The number of carbonyl (C=O) groups excluding carboxylic acids is 1. The molecular formula is C8H7ClO3. The van der Waals surface area contributed by atoms with Crippen LogP contribution in [0.1, 0.15) is 6.42 Å². The van der Waals surface area contributed by atoms with Crippen molar-refractivity contribution in [2.45, 2.75) is 6.42 Å². The molecule has 1 aliphatic carbocycles. The highest BCUT2D eigenvalue weighted by molar-refractivity contribution is 6.26. The molecule has 0 radical (unpaired) electrons. The molecule has 0 aromatic rings. The van der Waals surface area contributed by atoms with E-state index in [9.17, 15) is 4.79 Å². The number of hydrogen-bond donors (Lipinski definition) is 1. The number of carbonyl (C=O) groups is 1. The maximum atomic E-state index is 10.8. The molecule has 0 saturated carbocycles. The van der Waals surface area contributed by atoms with Crippen LogP contribution in [0.5, 0.6) is 0 Å². The lowest BCUT2D eigenvalue weighted by Crippen LogP contribution is -2.05. The van der Waals surface area contributed by atoms with Gasteiger partial charge in [0.15, 0.2) is 0 Å². The SMILES string of the molecule is O=C(OO)C1=CC(=CCl)CC=C1. The number of allylic oxidation sites excluding steroid dienone is 3. The van der Waals surface area contributed by atoms with Crippen molar-refractivity contribution in [2.24, 2.45) is 0 Å². The minimum absolute atomic E-state index is 0.288. The highest BCUT2D eigenvalue weighted by atomic mass is 35.5. The average Bonchev–Trinajstić information content (AvgIpc) is 2.17. The maximum Gasteiger partial charge on any atom is 0.372 e. The Kier molecular flexibility index (Phi) is 3.08. The smallest absolute Gasteiger partial charge is 0.296 e. The molecule has 4 heteroatoms. The Hall–Kier alpha value is -1.06. The van der Waals surface area contributed by atoms with E-state index >= 15 is 0 Å². The van der Waals surface area contributed by atoms with Crippen LogP contribution < -0.4 is 0 Å². The highest BCUT2D eigenvalue weighted by Crippen LogP contribution is 2.17. The molecule has 12 heavy (non-hydrogen) atoms. The van der Waals surface area contributed by atoms with Crippen molar-refractivity contribution in [1.82, 2.24) is 0 Å². The van der Waals surface area contributed by atoms with Crippen LogP contribution in [0.3, 0.4) is 0 Å². The van der Waals surface area contributed by atoms with E-state index in [1.807, 2.05) is 0 Å². The summed E-state index contributed by atoms with van der Waals surface area (Å²) in [6.07, 6.45) is 5.58. The van der Waals surface area contributed by atoms with E-state index in [1.54, 1.807) is 18.2 Å². The monoisotopic (exact) mass is 186 g/mol. The lowest BCUT2D eigenvalue weighted by Gasteiger charge is -2.04. The zero-order chi connectivity index (χ0) is 8.97. The Bertz CT molecular complexity index is 276. The predicted octanol–water partition coefficient (Wildman–Crippen LogP) is 2.01. The van der Waals surface area contributed by atoms with Crippen LogP contribution in [-0.2, 0) is 9.68 Å². The Balaban J connectivity index is 2.84. The zero-order valence-corrected chi connectivity index (χ0v) is 6.91. The van der Waals surface area contributed by atoms with Gasteiger partial charge in [0.25, 0.3) is 0 Å². The van der Waals surface area contributed by atoms with Crippen LogP contribution in [0, 0.1) is 0 Å². The molecule has 0 aromatic carbocycles. The summed E-state index contributed by atoms with van der Waals surface area (Å²) in [6.45, 7) is 0. The molecule has 0 amide bonds. The molecule has 0 spiro atoms. The topological polar surface area (TPSA) is 46.5 Å². The van der Waals surface area contributed by atoms with Crippen molar-refractivity contribution in [3.05, 3.63) is 34.9 Å². The quantitative estimate of drug-likeness (QED) is 0.503. The lowest BCUT2D eigenvalue weighted by atomic mass is 10.0. The van der Waals surface area contributed by atoms with Gasteiger partial charge in [-0.3, -0.25) is 4.89 Å². The molecule has 1 aliphatic rings. The van der Waals surface area contributed by atoms with Crippen LogP contribution in [0.25, 0.3) is 0 Å². The van der Waals surface area contributed by atoms with E-state index < -0.39 is 5.97 Å². The minimum atomic E-state index is -0.776. The van der Waals surface area contributed by atoms with Crippen LogP contribution >= 0.6 is 11.6 Å². The molecule has 1 rings (SSSR count). The molecular weight excluding hydrogens is 180 g/mol. The van der Waals surface area contributed by atoms with Gasteiger partial charge in [-0.15, -0.1) is 0 Å². The van der Waals surface area contributed by atoms with E-state index in [0.717, 1.165) is 5.57 Å². The van der Waals surface area contributed by atoms with Gasteiger partial charge in [0.2, 0.25) is 0 Å². The lowest BCUT2D eigenvalue weighted by molar-refractivity contribution is -0.229. The molecule has 0 bridgehead atoms. The van der Waals surface area contributed by atoms with Crippen molar-refractivity contribution in [3.63, 3.8) is 0 Å². The fourth-order valence-electron chi connectivity index (χ4n) is 0.884. The molecule has 64 valence electrons. The molecule has 0 heterocycles. The molecule has 0 aliphatic heterocycles. The first-order valence-electron chi connectivity index (χ1n) is 3.31. The van der Waals surface area contributed by atoms with Crippen LogP contribution in [0.15, 0.2) is 34.9 Å². The van der Waals surface area contributed by atoms with E-state index in [-0.39, 0.29) is 5.57 Å². The second-order valence-electron chi connectivity index (χ2n) is 2.27. The summed E-state index contributed by atoms with van der Waals surface area (Å²) in [6, 6.07) is 0. The molecule has 3 nitrogen and oxygen atoms in total. The summed E-state index contributed by atoms with van der Waals surface area (Å²) < 4.78 is 0. The fourth-order valence-corrected chi connectivity index (χ4v) is 1.04. The van der Waals surface area contributed by atoms with Crippen LogP contribution in [0.2, 0.25) is 0 Å². The van der Waals surface area contributed by atoms with Gasteiger partial charge in [0.1, 0.15) is 0 Å². The van der Waals surface area contributed by atoms with Crippen LogP contribution in [-0.4, -0.2) is 11.2 Å². The van der Waals surface area contributed by atoms with Crippen molar-refractivity contribution in [1.29, 1.82) is 0 Å². The van der Waals surface area contributed by atoms with Gasteiger partial charge in [-0.05, 0) is 18.1 Å². The Labute approximate surface area is 74.5 Å². The van der Waals surface area contributed by atoms with Gasteiger partial charge in [0, 0.05) is 5.54 Å². The molecule has 0 unspecified atom stereocenters. The van der Waals surface area contributed by atoms with Gasteiger partial charge < -0.3 is 0 Å². The van der Waals surface area contributed by atoms with E-state index in [1.165, 1.54) is 5.54 Å². The molecule has 1 N–H and O–H groups in total. The standard InChI is InChI=1S/C8H7ClO3/c9-5-6-2-1-3-7(4-6)8(10)12-11/h1,3-5,11H,2H2. The maximum absolute atomic E-state index is 10.8. The number of rotatable bonds is 1. The second kappa shape index (κ2) is 4.09. The normalized spacial score (nSPS) is 19.2. The summed E-state index contributed by atoms with van der Waals surface area (Å²) in [4.78, 5) is 14.3. The van der Waals surface area contributed by atoms with Crippen molar-refractivity contribution in [2.75, 3.05) is 0 Å². The molecule has 0 atom stereocenters. The largest absolute Gasteiger partial charge is 0.372 e. The summed E-state index contributed by atoms with van der Waals surface area (Å²) >= 11 is 5.44. The van der Waals surface area contributed by atoms with Gasteiger partial charge in [-0.2, -0.15) is 5.26 Å². The predicted molar refractivity (Wildman–Crippen MR) is 44.5 cm³/mol. The summed E-state index contributed by atoms with van der Waals surface area (Å²) in [5, 5.41) is 8.07. The van der Waals surface area contributed by atoms with E-state index in [4.69, 9.17) is 16.9 Å². The Morgan fingerprint density at radius 2 is 2.50 bits per heavy atom. The van der Waals surface area contributed by atoms with Gasteiger partial charge >= 0.3 is 5.97 Å². The third-order valence-corrected chi connectivity index (χ3v) is 1.73. The fraction of sp³-hybridized carbons (Fsp3) is 0.125. The van der Waals surface area contributed by atoms with Crippen LogP contribution in [0.4, 0.5) is 0 Å². The summed E-state index contributed by atoms with van der Waals surface area (Å²) in [5.41, 5.74) is 2.48. The Morgan fingerprint density at radius 3 is 3.08 bits per heavy atom. The zero-order valence-electron chi connectivity index (χ0n) is 6.16. The minimum Gasteiger partial charge on any atom is -0.296 e. The number of halogens is 1. The molecule has 0 aromatic heterocycles. The first kappa shape index (κ1) is 9.03. The van der Waals surface area contributed by atoms with E-state index in [0.29, 0.717) is 6.42 Å². The first-order chi connectivity index (χ1) is 5.77. The third-order valence-electron chi connectivity index (χ3n) is 1.45. The highest BCUT2D eigenvalue weighted by Gasteiger charge is 2.10. The van der Waals surface area contributed by atoms with Crippen molar-refractivity contribution >= 4 is 17.6 Å². The first-order valence-corrected chi connectivity index (χ1v) is 3.75. The second-order valence-corrected chi connectivity index (χ2v) is 2.49. The Morgan fingerprint density at radius 1 is 1.75 bits per heavy atom. The van der Waals surface area contributed by atoms with Gasteiger partial charge in [-0.1, -0.05) is 23.8 Å². The van der Waals surface area contributed by atoms with Crippen molar-refractivity contribution < 1.29 is 14.9 Å². The summed E-state index contributed by atoms with van der Waals surface area (Å²) in [5.74, 6) is -0.776. The molecule has 0 fully saturated rings. The molecule has 0 saturated heterocycles. The average molecular weight is 187 g/mol. The van der Waals surface area contributed by atoms with Crippen molar-refractivity contribution in [3.8, 4) is 0 Å². The van der Waals surface area contributed by atoms with E-state index in [2.05, 4.69) is 4.89 Å². The number of hydrogen-bond acceptors (Lipinski definition) is 3.